The van der Waals surface area contributed by atoms with Gasteiger partial charge in [0.25, 0.3) is 0 Å². The molecule has 1 N–H and O–H groups in total. The molecule has 0 amide bonds. The number of phenolic OH excluding ortho intramolecular Hbond substituents is 1. The summed E-state index contributed by atoms with van der Waals surface area (Å²) in [5.41, 5.74) is 0.335. The SMILES string of the molecule is CCOC(=O)c1ccc(C#Cc2ccc(O)cc2C(F)(F)F)c(-c2ccc(C#N)nc2)c1. The van der Waals surface area contributed by atoms with Gasteiger partial charge in [-0.1, -0.05) is 11.8 Å². The predicted molar refractivity (Wildman–Crippen MR) is 109 cm³/mol. The number of hydrogen-bond acceptors (Lipinski definition) is 5. The van der Waals surface area contributed by atoms with Gasteiger partial charge in [-0.25, -0.2) is 9.78 Å². The minimum Gasteiger partial charge on any atom is -0.508 e. The van der Waals surface area contributed by atoms with Crippen LogP contribution in [0.3, 0.4) is 0 Å². The number of halogens is 3. The molecule has 3 rings (SSSR count). The number of aromatic nitrogens is 1. The van der Waals surface area contributed by atoms with Gasteiger partial charge >= 0.3 is 12.1 Å². The molecule has 0 aliphatic heterocycles. The highest BCUT2D eigenvalue weighted by Gasteiger charge is 2.33. The number of aromatic hydroxyl groups is 1. The Kier molecular flexibility index (Phi) is 6.46. The lowest BCUT2D eigenvalue weighted by molar-refractivity contribution is -0.137. The van der Waals surface area contributed by atoms with Crippen LogP contribution in [0.4, 0.5) is 13.2 Å². The van der Waals surface area contributed by atoms with Crippen LogP contribution in [-0.2, 0) is 10.9 Å². The number of benzene rings is 2. The number of hydrogen-bond donors (Lipinski definition) is 1. The van der Waals surface area contributed by atoms with Crippen molar-refractivity contribution in [1.82, 2.24) is 4.98 Å². The fourth-order valence-corrected chi connectivity index (χ4v) is 2.86. The standard InChI is InChI=1S/C24H15F3N2O3/c1-2-32-23(31)17-6-4-15(21(11-17)18-7-9-19(13-28)29-14-18)3-5-16-8-10-20(30)12-22(16)24(25,26)27/h4,6-12,14,30H,2H2,1H3. The van der Waals surface area contributed by atoms with Crippen molar-refractivity contribution in [3.63, 3.8) is 0 Å². The summed E-state index contributed by atoms with van der Waals surface area (Å²) >= 11 is 0. The summed E-state index contributed by atoms with van der Waals surface area (Å²) in [6, 6.07) is 12.3. The van der Waals surface area contributed by atoms with Gasteiger partial charge < -0.3 is 9.84 Å². The monoisotopic (exact) mass is 436 g/mol. The molecule has 0 atom stereocenters. The molecule has 0 radical (unpaired) electrons. The van der Waals surface area contributed by atoms with Gasteiger partial charge in [0.05, 0.1) is 17.7 Å². The minimum absolute atomic E-state index is 0.176. The molecule has 1 heterocycles. The highest BCUT2D eigenvalue weighted by Crippen LogP contribution is 2.34. The first kappa shape index (κ1) is 22.4. The number of nitriles is 1. The molecule has 0 spiro atoms. The van der Waals surface area contributed by atoms with Crippen LogP contribution in [0.25, 0.3) is 11.1 Å². The van der Waals surface area contributed by atoms with Crippen LogP contribution >= 0.6 is 0 Å². The molecule has 32 heavy (non-hydrogen) atoms. The van der Waals surface area contributed by atoms with Crippen LogP contribution in [0.15, 0.2) is 54.7 Å². The van der Waals surface area contributed by atoms with Crippen LogP contribution in [0, 0.1) is 23.2 Å². The number of carbonyl (C=O) groups is 1. The summed E-state index contributed by atoms with van der Waals surface area (Å²) in [6.45, 7) is 1.84. The second-order valence-corrected chi connectivity index (χ2v) is 6.50. The molecule has 0 saturated carbocycles. The van der Waals surface area contributed by atoms with E-state index in [4.69, 9.17) is 10.00 Å². The van der Waals surface area contributed by atoms with Crippen LogP contribution < -0.4 is 0 Å². The summed E-state index contributed by atoms with van der Waals surface area (Å²) < 4.78 is 45.0. The van der Waals surface area contributed by atoms with Crippen molar-refractivity contribution in [2.24, 2.45) is 0 Å². The lowest BCUT2D eigenvalue weighted by atomic mass is 9.97. The van der Waals surface area contributed by atoms with Gasteiger partial charge in [-0.05, 0) is 61.0 Å². The van der Waals surface area contributed by atoms with Crippen molar-refractivity contribution in [1.29, 1.82) is 5.26 Å². The van der Waals surface area contributed by atoms with E-state index in [1.54, 1.807) is 13.0 Å². The van der Waals surface area contributed by atoms with Crippen molar-refractivity contribution >= 4 is 5.97 Å². The van der Waals surface area contributed by atoms with Gasteiger partial charge in [-0.15, -0.1) is 0 Å². The van der Waals surface area contributed by atoms with E-state index in [-0.39, 0.29) is 23.4 Å². The van der Waals surface area contributed by atoms with Crippen molar-refractivity contribution in [3.8, 4) is 34.8 Å². The molecule has 0 unspecified atom stereocenters. The van der Waals surface area contributed by atoms with Gasteiger partial charge in [0.1, 0.15) is 17.5 Å². The molecule has 5 nitrogen and oxygen atoms in total. The normalized spacial score (nSPS) is 10.6. The molecular weight excluding hydrogens is 421 g/mol. The highest BCUT2D eigenvalue weighted by atomic mass is 19.4. The molecule has 1 aromatic heterocycles. The first-order valence-corrected chi connectivity index (χ1v) is 9.33. The third-order valence-corrected chi connectivity index (χ3v) is 4.36. The summed E-state index contributed by atoms with van der Waals surface area (Å²) in [4.78, 5) is 16.1. The molecule has 0 saturated heterocycles. The Hall–Kier alpha value is -4.30. The molecule has 0 fully saturated rings. The molecule has 3 aromatic rings. The molecular formula is C24H15F3N2O3. The Bertz CT molecular complexity index is 1260. The highest BCUT2D eigenvalue weighted by molar-refractivity contribution is 5.92. The smallest absolute Gasteiger partial charge is 0.417 e. The average molecular weight is 436 g/mol. The maximum Gasteiger partial charge on any atom is 0.417 e. The Morgan fingerprint density at radius 2 is 1.81 bits per heavy atom. The van der Waals surface area contributed by atoms with E-state index in [9.17, 15) is 23.1 Å². The number of rotatable bonds is 3. The maximum atomic E-state index is 13.3. The van der Waals surface area contributed by atoms with Crippen LogP contribution in [0.5, 0.6) is 5.75 Å². The van der Waals surface area contributed by atoms with Crippen molar-refractivity contribution < 1.29 is 27.8 Å². The molecule has 0 bridgehead atoms. The number of carbonyl (C=O) groups excluding carboxylic acids is 1. The van der Waals surface area contributed by atoms with Gasteiger partial charge in [0.15, 0.2) is 0 Å². The number of phenols is 1. The van der Waals surface area contributed by atoms with Gasteiger partial charge in [0, 0.05) is 22.9 Å². The number of ether oxygens (including phenoxy) is 1. The van der Waals surface area contributed by atoms with E-state index in [0.29, 0.717) is 22.8 Å². The van der Waals surface area contributed by atoms with E-state index >= 15 is 0 Å². The fourth-order valence-electron chi connectivity index (χ4n) is 2.86. The minimum atomic E-state index is -4.70. The number of esters is 1. The van der Waals surface area contributed by atoms with E-state index in [1.165, 1.54) is 30.5 Å². The maximum absolute atomic E-state index is 13.3. The first-order valence-electron chi connectivity index (χ1n) is 9.33. The predicted octanol–water partition coefficient (Wildman–Crippen LogP) is 4.92. The summed E-state index contributed by atoms with van der Waals surface area (Å²) in [5, 5.41) is 18.4. The number of nitrogens with zero attached hydrogens (tertiary/aromatic N) is 2. The zero-order chi connectivity index (χ0) is 23.3. The van der Waals surface area contributed by atoms with E-state index in [1.807, 2.05) is 6.07 Å². The van der Waals surface area contributed by atoms with E-state index in [0.717, 1.165) is 12.1 Å². The topological polar surface area (TPSA) is 83.2 Å². The average Bonchev–Trinajstić information content (AvgIpc) is 2.78. The fraction of sp³-hybridized carbons (Fsp3) is 0.125. The zero-order valence-electron chi connectivity index (χ0n) is 16.7. The third-order valence-electron chi connectivity index (χ3n) is 4.36. The molecule has 2 aromatic carbocycles. The van der Waals surface area contributed by atoms with Gasteiger partial charge in [0.2, 0.25) is 0 Å². The summed E-state index contributed by atoms with van der Waals surface area (Å²) in [5.74, 6) is 4.13. The largest absolute Gasteiger partial charge is 0.508 e. The Morgan fingerprint density at radius 1 is 1.09 bits per heavy atom. The lowest BCUT2D eigenvalue weighted by Gasteiger charge is -2.10. The molecule has 0 aliphatic rings. The Morgan fingerprint density at radius 3 is 2.44 bits per heavy atom. The summed E-state index contributed by atoms with van der Waals surface area (Å²) in [6.07, 6.45) is -3.29. The lowest BCUT2D eigenvalue weighted by Crippen LogP contribution is -2.07. The second-order valence-electron chi connectivity index (χ2n) is 6.50. The summed E-state index contributed by atoms with van der Waals surface area (Å²) in [7, 11) is 0. The Labute approximate surface area is 181 Å². The van der Waals surface area contributed by atoms with Crippen molar-refractivity contribution in [2.75, 3.05) is 6.61 Å². The van der Waals surface area contributed by atoms with Gasteiger partial charge in [-0.2, -0.15) is 18.4 Å². The van der Waals surface area contributed by atoms with E-state index < -0.39 is 23.5 Å². The van der Waals surface area contributed by atoms with Gasteiger partial charge in [-0.3, -0.25) is 0 Å². The van der Waals surface area contributed by atoms with Crippen LogP contribution in [0.2, 0.25) is 0 Å². The number of pyridine rings is 1. The van der Waals surface area contributed by atoms with Crippen LogP contribution in [0.1, 0.15) is 39.7 Å². The zero-order valence-corrected chi connectivity index (χ0v) is 16.7. The Balaban J connectivity index is 2.14. The van der Waals surface area contributed by atoms with E-state index in [2.05, 4.69) is 16.8 Å². The third kappa shape index (κ3) is 5.05. The first-order chi connectivity index (χ1) is 15.2. The van der Waals surface area contributed by atoms with Crippen LogP contribution in [-0.4, -0.2) is 22.7 Å². The quantitative estimate of drug-likeness (QED) is 0.465. The van der Waals surface area contributed by atoms with Crippen molar-refractivity contribution in [3.05, 3.63) is 82.7 Å². The molecule has 0 aliphatic carbocycles. The molecule has 8 heteroatoms. The van der Waals surface area contributed by atoms with Crippen molar-refractivity contribution in [2.45, 2.75) is 13.1 Å². The molecule has 160 valence electrons. The number of alkyl halides is 3. The second kappa shape index (κ2) is 9.23.